The van der Waals surface area contributed by atoms with Crippen molar-refractivity contribution in [3.05, 3.63) is 0 Å². The first kappa shape index (κ1) is 7.58. The fourth-order valence-corrected chi connectivity index (χ4v) is 1.73. The van der Waals surface area contributed by atoms with Crippen molar-refractivity contribution in [3.63, 3.8) is 0 Å². The van der Waals surface area contributed by atoms with Crippen LogP contribution >= 0.6 is 0 Å². The Morgan fingerprint density at radius 2 is 2.30 bits per heavy atom. The molecule has 0 aromatic heterocycles. The van der Waals surface area contributed by atoms with Crippen molar-refractivity contribution in [1.29, 1.82) is 5.41 Å². The molecule has 2 heteroatoms. The minimum absolute atomic E-state index is 0.399. The second-order valence-electron chi connectivity index (χ2n) is 3.24. The summed E-state index contributed by atoms with van der Waals surface area (Å²) in [6.07, 6.45) is 4.84. The highest BCUT2D eigenvalue weighted by atomic mass is 14.7. The molecule has 1 aliphatic carbocycles. The molecule has 0 bridgehead atoms. The van der Waals surface area contributed by atoms with Crippen molar-refractivity contribution in [3.8, 4) is 0 Å². The zero-order chi connectivity index (χ0) is 7.56. The van der Waals surface area contributed by atoms with E-state index in [9.17, 15) is 0 Å². The molecule has 0 aliphatic heterocycles. The van der Waals surface area contributed by atoms with Gasteiger partial charge in [0.2, 0.25) is 0 Å². The molecule has 2 unspecified atom stereocenters. The lowest BCUT2D eigenvalue weighted by Gasteiger charge is -2.06. The summed E-state index contributed by atoms with van der Waals surface area (Å²) in [7, 11) is 0. The van der Waals surface area contributed by atoms with E-state index in [-0.39, 0.29) is 0 Å². The van der Waals surface area contributed by atoms with Gasteiger partial charge in [0.1, 0.15) is 0 Å². The highest BCUT2D eigenvalue weighted by molar-refractivity contribution is 5.79. The smallest absolute Gasteiger partial charge is 0.0937 e. The van der Waals surface area contributed by atoms with Gasteiger partial charge in [-0.3, -0.25) is 5.41 Å². The van der Waals surface area contributed by atoms with E-state index in [0.29, 0.717) is 11.8 Å². The van der Waals surface area contributed by atoms with Crippen molar-refractivity contribution >= 4 is 5.84 Å². The summed E-state index contributed by atoms with van der Waals surface area (Å²) in [4.78, 5) is 0. The second kappa shape index (κ2) is 3.04. The van der Waals surface area contributed by atoms with Crippen LogP contribution < -0.4 is 5.73 Å². The van der Waals surface area contributed by atoms with E-state index in [2.05, 4.69) is 6.92 Å². The Balaban J connectivity index is 2.35. The SMILES string of the molecule is CCC1CCC(C(=N)N)C1. The quantitative estimate of drug-likeness (QED) is 0.445. The van der Waals surface area contributed by atoms with Crippen molar-refractivity contribution in [2.75, 3.05) is 0 Å². The van der Waals surface area contributed by atoms with Gasteiger partial charge in [-0.25, -0.2) is 0 Å². The van der Waals surface area contributed by atoms with Crippen LogP contribution in [0.4, 0.5) is 0 Å². The third-order valence-corrected chi connectivity index (χ3v) is 2.56. The molecule has 0 heterocycles. The van der Waals surface area contributed by atoms with Crippen LogP contribution in [0.5, 0.6) is 0 Å². The molecular formula is C8H16N2. The molecule has 2 nitrogen and oxygen atoms in total. The third kappa shape index (κ3) is 1.49. The average molecular weight is 140 g/mol. The van der Waals surface area contributed by atoms with Crippen LogP contribution in [-0.4, -0.2) is 5.84 Å². The molecule has 2 atom stereocenters. The Labute approximate surface area is 62.3 Å². The maximum Gasteiger partial charge on any atom is 0.0937 e. The summed E-state index contributed by atoms with van der Waals surface area (Å²) in [6.45, 7) is 2.22. The monoisotopic (exact) mass is 140 g/mol. The van der Waals surface area contributed by atoms with Crippen molar-refractivity contribution < 1.29 is 0 Å². The minimum Gasteiger partial charge on any atom is -0.387 e. The standard InChI is InChI=1S/C8H16N2/c1-2-6-3-4-7(5-6)8(9)10/h6-7H,2-5H2,1H3,(H3,9,10). The number of nitrogens with one attached hydrogen (secondary N) is 1. The molecule has 1 saturated carbocycles. The van der Waals surface area contributed by atoms with E-state index in [1.165, 1.54) is 12.8 Å². The van der Waals surface area contributed by atoms with E-state index in [1.54, 1.807) is 0 Å². The predicted molar refractivity (Wildman–Crippen MR) is 43.0 cm³/mol. The molecule has 0 amide bonds. The summed E-state index contributed by atoms with van der Waals surface area (Å²) in [6, 6.07) is 0. The molecule has 3 N–H and O–H groups in total. The summed E-state index contributed by atoms with van der Waals surface area (Å²) in [5.74, 6) is 1.65. The minimum atomic E-state index is 0.399. The topological polar surface area (TPSA) is 49.9 Å². The van der Waals surface area contributed by atoms with Crippen LogP contribution in [0.3, 0.4) is 0 Å². The molecule has 0 radical (unpaired) electrons. The summed E-state index contributed by atoms with van der Waals surface area (Å²) in [5.41, 5.74) is 5.40. The van der Waals surface area contributed by atoms with Gasteiger partial charge in [0.25, 0.3) is 0 Å². The van der Waals surface area contributed by atoms with E-state index >= 15 is 0 Å². The Hall–Kier alpha value is -0.530. The number of hydrogen-bond donors (Lipinski definition) is 2. The lowest BCUT2D eigenvalue weighted by atomic mass is 10.0. The summed E-state index contributed by atoms with van der Waals surface area (Å²) >= 11 is 0. The van der Waals surface area contributed by atoms with Crippen LogP contribution in [0.15, 0.2) is 0 Å². The first-order chi connectivity index (χ1) is 4.74. The molecule has 58 valence electrons. The molecule has 0 aromatic carbocycles. The highest BCUT2D eigenvalue weighted by Crippen LogP contribution is 2.32. The van der Waals surface area contributed by atoms with Gasteiger partial charge in [-0.2, -0.15) is 0 Å². The fraction of sp³-hybridized carbons (Fsp3) is 0.875. The van der Waals surface area contributed by atoms with Gasteiger partial charge in [-0.1, -0.05) is 13.3 Å². The van der Waals surface area contributed by atoms with Gasteiger partial charge in [-0.05, 0) is 25.2 Å². The molecule has 1 rings (SSSR count). The average Bonchev–Trinajstić information content (AvgIpc) is 2.34. The lowest BCUT2D eigenvalue weighted by Crippen LogP contribution is -2.19. The van der Waals surface area contributed by atoms with Crippen LogP contribution in [0.25, 0.3) is 0 Å². The molecule has 1 fully saturated rings. The highest BCUT2D eigenvalue weighted by Gasteiger charge is 2.24. The number of amidine groups is 1. The maximum atomic E-state index is 7.23. The van der Waals surface area contributed by atoms with Gasteiger partial charge >= 0.3 is 0 Å². The summed E-state index contributed by atoms with van der Waals surface area (Å²) < 4.78 is 0. The van der Waals surface area contributed by atoms with Crippen molar-refractivity contribution in [1.82, 2.24) is 0 Å². The first-order valence-corrected chi connectivity index (χ1v) is 4.08. The Kier molecular flexibility index (Phi) is 2.30. The normalized spacial score (nSPS) is 32.5. The number of rotatable bonds is 2. The van der Waals surface area contributed by atoms with Gasteiger partial charge in [-0.15, -0.1) is 0 Å². The van der Waals surface area contributed by atoms with Crippen molar-refractivity contribution in [2.24, 2.45) is 17.6 Å². The zero-order valence-corrected chi connectivity index (χ0v) is 6.56. The first-order valence-electron chi connectivity index (χ1n) is 4.08. The molecule has 0 saturated heterocycles. The lowest BCUT2D eigenvalue weighted by molar-refractivity contribution is 0.520. The van der Waals surface area contributed by atoms with Gasteiger partial charge in [0.15, 0.2) is 0 Å². The molecule has 1 aliphatic rings. The molecule has 0 spiro atoms. The van der Waals surface area contributed by atoms with Gasteiger partial charge < -0.3 is 5.73 Å². The van der Waals surface area contributed by atoms with Crippen LogP contribution in [-0.2, 0) is 0 Å². The maximum absolute atomic E-state index is 7.23. The summed E-state index contributed by atoms with van der Waals surface area (Å²) in [5, 5.41) is 7.23. The Morgan fingerprint density at radius 1 is 1.60 bits per heavy atom. The molecule has 0 aromatic rings. The van der Waals surface area contributed by atoms with Gasteiger partial charge in [0, 0.05) is 5.92 Å². The van der Waals surface area contributed by atoms with Crippen LogP contribution in [0, 0.1) is 17.2 Å². The number of nitrogens with two attached hydrogens (primary N) is 1. The van der Waals surface area contributed by atoms with E-state index < -0.39 is 0 Å². The van der Waals surface area contributed by atoms with Crippen LogP contribution in [0.2, 0.25) is 0 Å². The zero-order valence-electron chi connectivity index (χ0n) is 6.56. The second-order valence-corrected chi connectivity index (χ2v) is 3.24. The molecular weight excluding hydrogens is 124 g/mol. The largest absolute Gasteiger partial charge is 0.387 e. The fourth-order valence-electron chi connectivity index (χ4n) is 1.73. The van der Waals surface area contributed by atoms with Gasteiger partial charge in [0.05, 0.1) is 5.84 Å². The Morgan fingerprint density at radius 3 is 2.60 bits per heavy atom. The van der Waals surface area contributed by atoms with Crippen LogP contribution in [0.1, 0.15) is 32.6 Å². The third-order valence-electron chi connectivity index (χ3n) is 2.56. The number of hydrogen-bond acceptors (Lipinski definition) is 1. The Bertz CT molecular complexity index is 131. The molecule has 10 heavy (non-hydrogen) atoms. The van der Waals surface area contributed by atoms with E-state index in [0.717, 1.165) is 18.8 Å². The predicted octanol–water partition coefficient (Wildman–Crippen LogP) is 1.75. The van der Waals surface area contributed by atoms with Crippen molar-refractivity contribution in [2.45, 2.75) is 32.6 Å². The van der Waals surface area contributed by atoms with E-state index in [1.807, 2.05) is 0 Å². The van der Waals surface area contributed by atoms with E-state index in [4.69, 9.17) is 11.1 Å².